The molecule has 1 saturated heterocycles. The molecular formula is C18H28N2O2. The van der Waals surface area contributed by atoms with Gasteiger partial charge >= 0.3 is 0 Å². The number of carbonyl (C=O) groups excluding carboxylic acids is 1. The van der Waals surface area contributed by atoms with E-state index < -0.39 is 0 Å². The van der Waals surface area contributed by atoms with Crippen LogP contribution in [0.3, 0.4) is 0 Å². The second-order valence-electron chi connectivity index (χ2n) is 6.24. The Balaban J connectivity index is 1.94. The summed E-state index contributed by atoms with van der Waals surface area (Å²) in [6.45, 7) is 9.56. The number of hydrogen-bond donors (Lipinski definition) is 1. The van der Waals surface area contributed by atoms with Crippen LogP contribution >= 0.6 is 0 Å². The number of amides is 1. The molecule has 1 heterocycles. The number of rotatable bonds is 5. The smallest absolute Gasteiger partial charge is 0.229 e. The number of nitrogens with zero attached hydrogens (tertiary/aromatic N) is 2. The van der Waals surface area contributed by atoms with Gasteiger partial charge in [-0.25, -0.2) is 0 Å². The Bertz CT molecular complexity index is 492. The minimum absolute atomic E-state index is 0.0914. The third-order valence-electron chi connectivity index (χ3n) is 4.74. The van der Waals surface area contributed by atoms with Crippen molar-refractivity contribution in [3.63, 3.8) is 0 Å². The summed E-state index contributed by atoms with van der Waals surface area (Å²) < 4.78 is 0. The third-order valence-corrected chi connectivity index (χ3v) is 4.74. The molecule has 2 rings (SSSR count). The average molecular weight is 304 g/mol. The maximum atomic E-state index is 12.7. The molecule has 0 aliphatic carbocycles. The van der Waals surface area contributed by atoms with Gasteiger partial charge in [0, 0.05) is 32.2 Å². The van der Waals surface area contributed by atoms with Gasteiger partial charge in [0.25, 0.3) is 0 Å². The Hall–Kier alpha value is -1.39. The van der Waals surface area contributed by atoms with E-state index in [4.69, 9.17) is 0 Å². The molecule has 0 radical (unpaired) electrons. The minimum Gasteiger partial charge on any atom is -0.395 e. The predicted molar refractivity (Wildman–Crippen MR) is 88.9 cm³/mol. The van der Waals surface area contributed by atoms with E-state index in [2.05, 4.69) is 30.9 Å². The molecule has 2 atom stereocenters. The van der Waals surface area contributed by atoms with Crippen molar-refractivity contribution in [3.8, 4) is 0 Å². The Morgan fingerprint density at radius 2 is 1.95 bits per heavy atom. The summed E-state index contributed by atoms with van der Waals surface area (Å²) in [5.74, 6) is 0.119. The van der Waals surface area contributed by atoms with Gasteiger partial charge in [-0.2, -0.15) is 0 Å². The molecule has 0 aromatic heterocycles. The van der Waals surface area contributed by atoms with Crippen molar-refractivity contribution in [1.29, 1.82) is 0 Å². The Morgan fingerprint density at radius 3 is 2.50 bits per heavy atom. The fourth-order valence-electron chi connectivity index (χ4n) is 3.17. The maximum absolute atomic E-state index is 12.7. The topological polar surface area (TPSA) is 43.8 Å². The highest BCUT2D eigenvalue weighted by molar-refractivity contribution is 5.83. The van der Waals surface area contributed by atoms with E-state index in [1.165, 1.54) is 5.56 Å². The first-order valence-electron chi connectivity index (χ1n) is 8.27. The summed E-state index contributed by atoms with van der Waals surface area (Å²) in [7, 11) is 0. The molecule has 0 bridgehead atoms. The zero-order valence-electron chi connectivity index (χ0n) is 14.0. The number of piperazine rings is 1. The molecule has 2 unspecified atom stereocenters. The first-order chi connectivity index (χ1) is 10.6. The van der Waals surface area contributed by atoms with Crippen LogP contribution in [0, 0.1) is 6.92 Å². The quantitative estimate of drug-likeness (QED) is 0.905. The lowest BCUT2D eigenvalue weighted by molar-refractivity contribution is -0.134. The number of carbonyl (C=O) groups is 1. The first kappa shape index (κ1) is 17.0. The van der Waals surface area contributed by atoms with Crippen molar-refractivity contribution in [3.05, 3.63) is 35.4 Å². The van der Waals surface area contributed by atoms with E-state index in [0.29, 0.717) is 0 Å². The zero-order valence-corrected chi connectivity index (χ0v) is 14.0. The summed E-state index contributed by atoms with van der Waals surface area (Å²) in [6.07, 6.45) is 0.949. The fraction of sp³-hybridized carbons (Fsp3) is 0.611. The van der Waals surface area contributed by atoms with Crippen molar-refractivity contribution < 1.29 is 9.90 Å². The van der Waals surface area contributed by atoms with Crippen LogP contribution in [-0.4, -0.2) is 59.6 Å². The second-order valence-corrected chi connectivity index (χ2v) is 6.24. The van der Waals surface area contributed by atoms with Crippen LogP contribution in [0.25, 0.3) is 0 Å². The van der Waals surface area contributed by atoms with Gasteiger partial charge in [0.2, 0.25) is 5.91 Å². The number of aryl methyl sites for hydroxylation is 1. The SMILES string of the molecule is CCC(CO)N1CCN(C(=O)C(C)c2cccc(C)c2)CC1. The van der Waals surface area contributed by atoms with Crippen molar-refractivity contribution in [2.24, 2.45) is 0 Å². The van der Waals surface area contributed by atoms with Gasteiger partial charge in [-0.05, 0) is 25.8 Å². The Kier molecular flexibility index (Phi) is 5.98. The van der Waals surface area contributed by atoms with E-state index in [9.17, 15) is 9.90 Å². The van der Waals surface area contributed by atoms with E-state index in [1.807, 2.05) is 24.0 Å². The molecule has 1 aliphatic heterocycles. The minimum atomic E-state index is -0.0914. The lowest BCUT2D eigenvalue weighted by Crippen LogP contribution is -2.53. The highest BCUT2D eigenvalue weighted by Crippen LogP contribution is 2.20. The van der Waals surface area contributed by atoms with Crippen molar-refractivity contribution in [2.75, 3.05) is 32.8 Å². The van der Waals surface area contributed by atoms with Gasteiger partial charge < -0.3 is 10.0 Å². The van der Waals surface area contributed by atoms with Gasteiger partial charge in [-0.1, -0.05) is 36.8 Å². The first-order valence-corrected chi connectivity index (χ1v) is 8.27. The van der Waals surface area contributed by atoms with Crippen molar-refractivity contribution in [2.45, 2.75) is 39.2 Å². The van der Waals surface area contributed by atoms with Gasteiger partial charge in [0.05, 0.1) is 12.5 Å². The highest BCUT2D eigenvalue weighted by atomic mass is 16.3. The standard InChI is InChI=1S/C18H28N2O2/c1-4-17(13-21)19-8-10-20(11-9-19)18(22)15(3)16-7-5-6-14(2)12-16/h5-7,12,15,17,21H,4,8-11,13H2,1-3H3. The van der Waals surface area contributed by atoms with Crippen LogP contribution < -0.4 is 0 Å². The average Bonchev–Trinajstić information content (AvgIpc) is 2.55. The largest absolute Gasteiger partial charge is 0.395 e. The van der Waals surface area contributed by atoms with Crippen LogP contribution in [0.15, 0.2) is 24.3 Å². The van der Waals surface area contributed by atoms with Gasteiger partial charge in [-0.3, -0.25) is 9.69 Å². The summed E-state index contributed by atoms with van der Waals surface area (Å²) >= 11 is 0. The van der Waals surface area contributed by atoms with E-state index >= 15 is 0 Å². The van der Waals surface area contributed by atoms with Crippen molar-refractivity contribution in [1.82, 2.24) is 9.80 Å². The van der Waals surface area contributed by atoms with Crippen LogP contribution in [-0.2, 0) is 4.79 Å². The molecule has 22 heavy (non-hydrogen) atoms. The molecule has 1 aromatic rings. The van der Waals surface area contributed by atoms with Crippen LogP contribution in [0.2, 0.25) is 0 Å². The Labute approximate surface area is 133 Å². The van der Waals surface area contributed by atoms with Crippen LogP contribution in [0.4, 0.5) is 0 Å². The molecule has 4 nitrogen and oxygen atoms in total. The summed E-state index contributed by atoms with van der Waals surface area (Å²) in [5.41, 5.74) is 2.28. The molecule has 1 aromatic carbocycles. The van der Waals surface area contributed by atoms with Gasteiger partial charge in [0.1, 0.15) is 0 Å². The predicted octanol–water partition coefficient (Wildman–Crippen LogP) is 2.01. The van der Waals surface area contributed by atoms with Gasteiger partial charge in [0.15, 0.2) is 0 Å². The molecule has 0 saturated carbocycles. The maximum Gasteiger partial charge on any atom is 0.229 e. The summed E-state index contributed by atoms with van der Waals surface area (Å²) in [6, 6.07) is 8.42. The molecule has 4 heteroatoms. The Morgan fingerprint density at radius 1 is 1.27 bits per heavy atom. The van der Waals surface area contributed by atoms with E-state index in [0.717, 1.165) is 38.2 Å². The normalized spacial score (nSPS) is 19.0. The van der Waals surface area contributed by atoms with E-state index in [1.54, 1.807) is 0 Å². The lowest BCUT2D eigenvalue weighted by Gasteiger charge is -2.39. The van der Waals surface area contributed by atoms with Crippen LogP contribution in [0.1, 0.15) is 37.3 Å². The van der Waals surface area contributed by atoms with Crippen molar-refractivity contribution >= 4 is 5.91 Å². The molecule has 1 aliphatic rings. The molecular weight excluding hydrogens is 276 g/mol. The van der Waals surface area contributed by atoms with Crippen LogP contribution in [0.5, 0.6) is 0 Å². The molecule has 1 amide bonds. The number of benzene rings is 1. The molecule has 122 valence electrons. The monoisotopic (exact) mass is 304 g/mol. The number of aliphatic hydroxyl groups excluding tert-OH is 1. The summed E-state index contributed by atoms with van der Waals surface area (Å²) in [5, 5.41) is 9.39. The fourth-order valence-corrected chi connectivity index (χ4v) is 3.17. The van der Waals surface area contributed by atoms with Gasteiger partial charge in [-0.15, -0.1) is 0 Å². The highest BCUT2D eigenvalue weighted by Gasteiger charge is 2.27. The second kappa shape index (κ2) is 7.75. The zero-order chi connectivity index (χ0) is 16.1. The lowest BCUT2D eigenvalue weighted by atomic mass is 9.97. The molecule has 1 fully saturated rings. The number of hydrogen-bond acceptors (Lipinski definition) is 3. The molecule has 0 spiro atoms. The third kappa shape index (κ3) is 3.87. The van der Waals surface area contributed by atoms with E-state index in [-0.39, 0.29) is 24.5 Å². The number of aliphatic hydroxyl groups is 1. The summed E-state index contributed by atoms with van der Waals surface area (Å²) in [4.78, 5) is 16.9. The molecule has 1 N–H and O–H groups in total.